The molecule has 3 rings (SSSR count). The second-order valence-electron chi connectivity index (χ2n) is 4.09. The highest BCUT2D eigenvalue weighted by Gasteiger charge is 2.16. The highest BCUT2D eigenvalue weighted by molar-refractivity contribution is 7.21. The van der Waals surface area contributed by atoms with Crippen molar-refractivity contribution in [1.29, 1.82) is 0 Å². The van der Waals surface area contributed by atoms with E-state index in [1.54, 1.807) is 13.1 Å². The van der Waals surface area contributed by atoms with Gasteiger partial charge in [-0.05, 0) is 12.1 Å². The molecule has 0 saturated heterocycles. The summed E-state index contributed by atoms with van der Waals surface area (Å²) in [7, 11) is 0. The van der Waals surface area contributed by atoms with E-state index < -0.39 is 0 Å². The van der Waals surface area contributed by atoms with Crippen LogP contribution in [0, 0.1) is 0 Å². The van der Waals surface area contributed by atoms with E-state index in [1.807, 2.05) is 30.3 Å². The number of hydrogen-bond donors (Lipinski definition) is 1. The first-order valence-electron chi connectivity index (χ1n) is 5.81. The van der Waals surface area contributed by atoms with Crippen LogP contribution in [-0.2, 0) is 0 Å². The van der Waals surface area contributed by atoms with Gasteiger partial charge in [0.25, 0.3) is 0 Å². The number of nitrogens with one attached hydrogen (secondary N) is 1. The van der Waals surface area contributed by atoms with Gasteiger partial charge in [-0.25, -0.2) is 9.97 Å². The van der Waals surface area contributed by atoms with Gasteiger partial charge in [-0.2, -0.15) is 0 Å². The van der Waals surface area contributed by atoms with E-state index in [-0.39, 0.29) is 5.78 Å². The summed E-state index contributed by atoms with van der Waals surface area (Å²) in [5.41, 5.74) is 1.73. The van der Waals surface area contributed by atoms with E-state index in [9.17, 15) is 4.79 Å². The molecule has 1 aromatic carbocycles. The predicted molar refractivity (Wildman–Crippen MR) is 77.1 cm³/mol. The predicted octanol–water partition coefficient (Wildman–Crippen LogP) is 3.64. The van der Waals surface area contributed by atoms with Gasteiger partial charge >= 0.3 is 0 Å². The largest absolute Gasteiger partial charge is 0.354 e. The summed E-state index contributed by atoms with van der Waals surface area (Å²) in [6, 6.07) is 9.75. The van der Waals surface area contributed by atoms with Crippen LogP contribution in [0.25, 0.3) is 10.2 Å². The lowest BCUT2D eigenvalue weighted by Crippen LogP contribution is -1.96. The number of carbonyl (C=O) groups excluding carboxylic acids is 1. The van der Waals surface area contributed by atoms with Crippen molar-refractivity contribution in [1.82, 2.24) is 9.97 Å². The van der Waals surface area contributed by atoms with Gasteiger partial charge in [-0.1, -0.05) is 18.2 Å². The average molecular weight is 269 g/mol. The molecular weight excluding hydrogens is 258 g/mol. The van der Waals surface area contributed by atoms with Gasteiger partial charge in [0, 0.05) is 18.8 Å². The molecule has 19 heavy (non-hydrogen) atoms. The molecule has 1 N–H and O–H groups in total. The van der Waals surface area contributed by atoms with Crippen molar-refractivity contribution in [3.05, 3.63) is 47.7 Å². The van der Waals surface area contributed by atoms with E-state index in [0.29, 0.717) is 4.88 Å². The number of rotatable bonds is 3. The Morgan fingerprint density at radius 1 is 1.26 bits per heavy atom. The summed E-state index contributed by atoms with van der Waals surface area (Å²) in [4.78, 5) is 21.5. The summed E-state index contributed by atoms with van der Waals surface area (Å²) >= 11 is 1.39. The number of hydrogen-bond acceptors (Lipinski definition) is 5. The maximum atomic E-state index is 11.7. The molecule has 0 saturated carbocycles. The fraction of sp³-hybridized carbons (Fsp3) is 0.0714. The van der Waals surface area contributed by atoms with Crippen molar-refractivity contribution in [2.45, 2.75) is 6.92 Å². The monoisotopic (exact) mass is 269 g/mol. The number of ketones is 1. The highest BCUT2D eigenvalue weighted by atomic mass is 32.1. The number of benzene rings is 1. The summed E-state index contributed by atoms with van der Waals surface area (Å²) in [6.45, 7) is 1.56. The first kappa shape index (κ1) is 11.8. The van der Waals surface area contributed by atoms with Crippen molar-refractivity contribution in [3.63, 3.8) is 0 Å². The number of nitrogens with zero attached hydrogens (tertiary/aromatic N) is 2. The van der Waals surface area contributed by atoms with Crippen molar-refractivity contribution in [2.24, 2.45) is 0 Å². The van der Waals surface area contributed by atoms with Crippen molar-refractivity contribution in [2.75, 3.05) is 5.32 Å². The van der Waals surface area contributed by atoms with Gasteiger partial charge in [-0.3, -0.25) is 4.79 Å². The van der Waals surface area contributed by atoms with Crippen LogP contribution in [0.15, 0.2) is 42.9 Å². The molecule has 0 spiro atoms. The Labute approximate surface area is 114 Å². The first-order chi connectivity index (χ1) is 9.25. The zero-order valence-corrected chi connectivity index (χ0v) is 11.1. The number of anilines is 2. The number of carbonyl (C=O) groups is 1. The van der Waals surface area contributed by atoms with Gasteiger partial charge in [0.05, 0.1) is 16.0 Å². The van der Waals surface area contributed by atoms with Gasteiger partial charge in [-0.15, -0.1) is 11.3 Å². The fourth-order valence-corrected chi connectivity index (χ4v) is 2.84. The second-order valence-corrected chi connectivity index (χ2v) is 5.09. The van der Waals surface area contributed by atoms with Gasteiger partial charge in [0.2, 0.25) is 0 Å². The Hall–Kier alpha value is -2.27. The quantitative estimate of drug-likeness (QED) is 0.737. The van der Waals surface area contributed by atoms with Crippen molar-refractivity contribution < 1.29 is 4.79 Å². The minimum Gasteiger partial charge on any atom is -0.354 e. The standard InChI is InChI=1S/C14H11N3OS/c1-9(18)13-12(17-10-5-3-2-4-6-10)11-7-15-8-16-14(11)19-13/h2-8,17H,1H3. The molecule has 0 bridgehead atoms. The molecule has 4 nitrogen and oxygen atoms in total. The SMILES string of the molecule is CC(=O)c1sc2ncncc2c1Nc1ccccc1. The molecule has 2 heterocycles. The maximum absolute atomic E-state index is 11.7. The number of aromatic nitrogens is 2. The van der Waals surface area contributed by atoms with Crippen LogP contribution in [0.3, 0.4) is 0 Å². The van der Waals surface area contributed by atoms with Crippen molar-refractivity contribution >= 4 is 38.7 Å². The second kappa shape index (κ2) is 4.78. The Balaban J connectivity index is 2.15. The number of Topliss-reactive ketones (excluding diaryl/α,β-unsaturated/α-hetero) is 1. The van der Waals surface area contributed by atoms with E-state index in [4.69, 9.17) is 0 Å². The lowest BCUT2D eigenvalue weighted by atomic mass is 10.2. The third-order valence-corrected chi connectivity index (χ3v) is 3.95. The highest BCUT2D eigenvalue weighted by Crippen LogP contribution is 2.36. The van der Waals surface area contributed by atoms with Crippen LogP contribution in [0.1, 0.15) is 16.6 Å². The molecule has 5 heteroatoms. The normalized spacial score (nSPS) is 10.6. The molecule has 94 valence electrons. The number of thiophene rings is 1. The molecule has 0 amide bonds. The van der Waals surface area contributed by atoms with E-state index >= 15 is 0 Å². The van der Waals surface area contributed by atoms with Gasteiger partial charge < -0.3 is 5.32 Å². The van der Waals surface area contributed by atoms with Crippen LogP contribution < -0.4 is 5.32 Å². The van der Waals surface area contributed by atoms with Crippen molar-refractivity contribution in [3.8, 4) is 0 Å². The third kappa shape index (κ3) is 2.20. The zero-order chi connectivity index (χ0) is 13.2. The summed E-state index contributed by atoms with van der Waals surface area (Å²) in [5.74, 6) is 0.0291. The number of fused-ring (bicyclic) bond motifs is 1. The molecular formula is C14H11N3OS. The number of para-hydroxylation sites is 1. The topological polar surface area (TPSA) is 54.9 Å². The van der Waals surface area contributed by atoms with E-state index in [2.05, 4.69) is 15.3 Å². The summed E-state index contributed by atoms with van der Waals surface area (Å²) < 4.78 is 0. The average Bonchev–Trinajstić information content (AvgIpc) is 2.79. The zero-order valence-electron chi connectivity index (χ0n) is 10.3. The summed E-state index contributed by atoms with van der Waals surface area (Å²) in [6.07, 6.45) is 3.23. The molecule has 0 aliphatic carbocycles. The fourth-order valence-electron chi connectivity index (χ4n) is 1.88. The maximum Gasteiger partial charge on any atom is 0.171 e. The molecule has 3 aromatic rings. The van der Waals surface area contributed by atoms with Gasteiger partial charge in [0.1, 0.15) is 11.2 Å². The Bertz CT molecular complexity index is 737. The van der Waals surface area contributed by atoms with E-state index in [1.165, 1.54) is 17.7 Å². The van der Waals surface area contributed by atoms with E-state index in [0.717, 1.165) is 21.6 Å². The molecule has 0 fully saturated rings. The molecule has 0 atom stereocenters. The van der Waals surface area contributed by atoms with Crippen LogP contribution in [-0.4, -0.2) is 15.8 Å². The Kier molecular flexibility index (Phi) is 2.97. The molecule has 2 aromatic heterocycles. The summed E-state index contributed by atoms with van der Waals surface area (Å²) in [5, 5.41) is 4.16. The lowest BCUT2D eigenvalue weighted by molar-refractivity contribution is 0.102. The lowest BCUT2D eigenvalue weighted by Gasteiger charge is -2.06. The molecule has 0 unspecified atom stereocenters. The first-order valence-corrected chi connectivity index (χ1v) is 6.63. The minimum atomic E-state index is 0.0291. The van der Waals surface area contributed by atoms with Crippen LogP contribution in [0.4, 0.5) is 11.4 Å². The molecule has 0 radical (unpaired) electrons. The Morgan fingerprint density at radius 2 is 2.05 bits per heavy atom. The molecule has 0 aliphatic heterocycles. The van der Waals surface area contributed by atoms with Crippen LogP contribution >= 0.6 is 11.3 Å². The van der Waals surface area contributed by atoms with Crippen LogP contribution in [0.5, 0.6) is 0 Å². The Morgan fingerprint density at radius 3 is 2.79 bits per heavy atom. The van der Waals surface area contributed by atoms with Crippen LogP contribution in [0.2, 0.25) is 0 Å². The van der Waals surface area contributed by atoms with Gasteiger partial charge in [0.15, 0.2) is 5.78 Å². The smallest absolute Gasteiger partial charge is 0.171 e. The molecule has 0 aliphatic rings. The third-order valence-electron chi connectivity index (χ3n) is 2.73. The minimum absolute atomic E-state index is 0.0291.